The summed E-state index contributed by atoms with van der Waals surface area (Å²) in [6.07, 6.45) is -2.60. The Bertz CT molecular complexity index is 374. The van der Waals surface area contributed by atoms with E-state index in [1.54, 1.807) is 6.92 Å². The van der Waals surface area contributed by atoms with E-state index in [1.165, 1.54) is 0 Å². The highest BCUT2D eigenvalue weighted by Crippen LogP contribution is 2.31. The topological polar surface area (TPSA) is 144 Å². The average Bonchev–Trinajstić information content (AvgIpc) is 2.59. The second-order valence-corrected chi connectivity index (χ2v) is 6.39. The van der Waals surface area contributed by atoms with Crippen molar-refractivity contribution in [3.05, 3.63) is 0 Å². The lowest BCUT2D eigenvalue weighted by Gasteiger charge is -2.50. The Morgan fingerprint density at radius 2 is 1.54 bits per heavy atom. The van der Waals surface area contributed by atoms with E-state index in [9.17, 15) is 25.2 Å². The van der Waals surface area contributed by atoms with Crippen molar-refractivity contribution in [1.82, 2.24) is 0 Å². The Labute approximate surface area is 144 Å². The van der Waals surface area contributed by atoms with Gasteiger partial charge in [0.15, 0.2) is 6.10 Å². The second kappa shape index (κ2) is 10.3. The molecule has 0 aromatic carbocycles. The predicted molar refractivity (Wildman–Crippen MR) is 89.6 cm³/mol. The van der Waals surface area contributed by atoms with Crippen LogP contribution in [0.2, 0.25) is 0 Å². The lowest BCUT2D eigenvalue weighted by Crippen LogP contribution is -2.77. The molecule has 144 valence electrons. The average molecular weight is 351 g/mol. The number of carbonyl (C=O) groups excluding carboxylic acids is 1. The standard InChI is InChI=1S/C16H34N2O6/c1-4-7-9-18(6-3,10-8-5-2)16(24,15(17)23)14(22)13(21)12(20)11-19/h12-14,19-22,24H,4-11H2,1-3H3,(H-,17,23)/p+1/t12-,13-,14+,16-/m1/s1. The smallest absolute Gasteiger partial charge is 0.311 e. The molecule has 0 bridgehead atoms. The molecule has 0 aliphatic rings. The van der Waals surface area contributed by atoms with Crippen LogP contribution in [-0.4, -0.2) is 86.2 Å². The number of nitrogens with zero attached hydrogens (tertiary/aromatic N) is 1. The van der Waals surface area contributed by atoms with Gasteiger partial charge in [-0.05, 0) is 19.8 Å². The molecular weight excluding hydrogens is 316 g/mol. The highest BCUT2D eigenvalue weighted by Gasteiger charge is 2.61. The van der Waals surface area contributed by atoms with Gasteiger partial charge in [-0.15, -0.1) is 0 Å². The van der Waals surface area contributed by atoms with Crippen LogP contribution < -0.4 is 5.73 Å². The lowest BCUT2D eigenvalue weighted by molar-refractivity contribution is -0.991. The fourth-order valence-corrected chi connectivity index (χ4v) is 3.15. The summed E-state index contributed by atoms with van der Waals surface area (Å²) in [4.78, 5) is 12.2. The van der Waals surface area contributed by atoms with Crippen LogP contribution in [0, 0.1) is 0 Å². The molecule has 0 aromatic rings. The molecular formula is C16H35N2O6+. The fraction of sp³-hybridized carbons (Fsp3) is 0.938. The molecule has 0 spiro atoms. The number of quaternary nitrogens is 1. The Hall–Kier alpha value is -0.770. The summed E-state index contributed by atoms with van der Waals surface area (Å²) >= 11 is 0. The summed E-state index contributed by atoms with van der Waals surface area (Å²) in [5.41, 5.74) is 2.97. The van der Waals surface area contributed by atoms with Crippen LogP contribution in [-0.2, 0) is 4.79 Å². The van der Waals surface area contributed by atoms with Gasteiger partial charge in [-0.1, -0.05) is 26.7 Å². The van der Waals surface area contributed by atoms with Gasteiger partial charge in [-0.2, -0.15) is 0 Å². The van der Waals surface area contributed by atoms with Gasteiger partial charge < -0.3 is 31.3 Å². The molecule has 0 fully saturated rings. The summed E-state index contributed by atoms with van der Waals surface area (Å²) in [6, 6.07) is 0. The molecule has 4 atom stereocenters. The third kappa shape index (κ3) is 4.65. The number of carbonyl (C=O) groups is 1. The van der Waals surface area contributed by atoms with Crippen molar-refractivity contribution in [3.63, 3.8) is 0 Å². The van der Waals surface area contributed by atoms with Crippen molar-refractivity contribution in [2.45, 2.75) is 70.5 Å². The van der Waals surface area contributed by atoms with Gasteiger partial charge in [-0.3, -0.25) is 9.28 Å². The molecule has 8 nitrogen and oxygen atoms in total. The zero-order valence-corrected chi connectivity index (χ0v) is 15.1. The maximum atomic E-state index is 12.2. The Kier molecular flexibility index (Phi) is 9.94. The minimum absolute atomic E-state index is 0.194. The van der Waals surface area contributed by atoms with Crippen LogP contribution in [0.15, 0.2) is 0 Å². The Balaban J connectivity index is 5.98. The van der Waals surface area contributed by atoms with Crippen LogP contribution in [0.3, 0.4) is 0 Å². The number of aliphatic hydroxyl groups is 5. The van der Waals surface area contributed by atoms with E-state index in [2.05, 4.69) is 0 Å². The number of aliphatic hydroxyl groups excluding tert-OH is 4. The fourth-order valence-electron chi connectivity index (χ4n) is 3.15. The molecule has 0 saturated heterocycles. The highest BCUT2D eigenvalue weighted by atomic mass is 16.4. The molecule has 0 aromatic heterocycles. The number of primary amides is 1. The Morgan fingerprint density at radius 3 is 1.83 bits per heavy atom. The first-order chi connectivity index (χ1) is 11.2. The number of rotatable bonds is 13. The molecule has 8 heteroatoms. The first-order valence-electron chi connectivity index (χ1n) is 8.71. The van der Waals surface area contributed by atoms with Gasteiger partial charge >= 0.3 is 11.6 Å². The quantitative estimate of drug-likeness (QED) is 0.179. The first kappa shape index (κ1) is 23.2. The molecule has 0 saturated carbocycles. The molecule has 0 aliphatic carbocycles. The largest absolute Gasteiger partial charge is 0.394 e. The van der Waals surface area contributed by atoms with Gasteiger partial charge in [0.25, 0.3) is 0 Å². The molecule has 0 aliphatic heterocycles. The number of hydrogen-bond acceptors (Lipinski definition) is 6. The third-order valence-corrected chi connectivity index (χ3v) is 4.89. The summed E-state index contributed by atoms with van der Waals surface area (Å²) in [5.74, 6) is -1.16. The first-order valence-corrected chi connectivity index (χ1v) is 8.71. The van der Waals surface area contributed by atoms with Crippen LogP contribution in [0.25, 0.3) is 0 Å². The summed E-state index contributed by atoms with van der Waals surface area (Å²) in [6.45, 7) is 6.00. The third-order valence-electron chi connectivity index (χ3n) is 4.89. The van der Waals surface area contributed by atoms with Crippen molar-refractivity contribution in [3.8, 4) is 0 Å². The molecule has 7 N–H and O–H groups in total. The number of likely N-dealkylation sites (N-methyl/N-ethyl adjacent to an activating group) is 1. The zero-order valence-electron chi connectivity index (χ0n) is 15.1. The minimum atomic E-state index is -2.46. The summed E-state index contributed by atoms with van der Waals surface area (Å²) in [7, 11) is 0. The van der Waals surface area contributed by atoms with E-state index in [0.29, 0.717) is 32.5 Å². The Morgan fingerprint density at radius 1 is 1.08 bits per heavy atom. The van der Waals surface area contributed by atoms with Crippen LogP contribution in [0.1, 0.15) is 46.5 Å². The number of hydrogen-bond donors (Lipinski definition) is 6. The molecule has 1 amide bonds. The highest BCUT2D eigenvalue weighted by molar-refractivity contribution is 5.82. The van der Waals surface area contributed by atoms with Crippen molar-refractivity contribution >= 4 is 5.91 Å². The van der Waals surface area contributed by atoms with Crippen LogP contribution >= 0.6 is 0 Å². The second-order valence-electron chi connectivity index (χ2n) is 6.39. The molecule has 0 unspecified atom stereocenters. The van der Waals surface area contributed by atoms with Crippen molar-refractivity contribution in [1.29, 1.82) is 0 Å². The van der Waals surface area contributed by atoms with E-state index < -0.39 is 36.6 Å². The van der Waals surface area contributed by atoms with Crippen LogP contribution in [0.4, 0.5) is 0 Å². The number of amides is 1. The SMILES string of the molecule is CCCC[N+](CC)(CCCC)[C@](O)(C(N)=O)[C@@H](O)[C@H](O)[C@H](O)CO. The number of unbranched alkanes of at least 4 members (excludes halogenated alkanes) is 2. The normalized spacial score (nSPS) is 18.7. The molecule has 0 radical (unpaired) electrons. The number of nitrogens with two attached hydrogens (primary N) is 1. The maximum absolute atomic E-state index is 12.2. The van der Waals surface area contributed by atoms with E-state index in [4.69, 9.17) is 10.8 Å². The van der Waals surface area contributed by atoms with Crippen molar-refractivity contribution in [2.75, 3.05) is 26.2 Å². The van der Waals surface area contributed by atoms with Crippen LogP contribution in [0.5, 0.6) is 0 Å². The maximum Gasteiger partial charge on any atom is 0.311 e. The van der Waals surface area contributed by atoms with Crippen molar-refractivity contribution in [2.24, 2.45) is 5.73 Å². The van der Waals surface area contributed by atoms with E-state index in [1.807, 2.05) is 13.8 Å². The van der Waals surface area contributed by atoms with Gasteiger partial charge in [0, 0.05) is 0 Å². The molecule has 0 heterocycles. The van der Waals surface area contributed by atoms with E-state index in [0.717, 1.165) is 12.8 Å². The molecule has 24 heavy (non-hydrogen) atoms. The van der Waals surface area contributed by atoms with E-state index in [-0.39, 0.29) is 4.48 Å². The van der Waals surface area contributed by atoms with Gasteiger partial charge in [0.05, 0.1) is 26.2 Å². The van der Waals surface area contributed by atoms with Gasteiger partial charge in [-0.25, -0.2) is 0 Å². The lowest BCUT2D eigenvalue weighted by atomic mass is 9.91. The minimum Gasteiger partial charge on any atom is -0.394 e. The monoisotopic (exact) mass is 351 g/mol. The molecule has 0 rings (SSSR count). The van der Waals surface area contributed by atoms with Crippen molar-refractivity contribution < 1.29 is 34.8 Å². The zero-order chi connectivity index (χ0) is 19.0. The predicted octanol–water partition coefficient (Wildman–Crippen LogP) is -1.33. The summed E-state index contributed by atoms with van der Waals surface area (Å²) < 4.78 is -0.194. The van der Waals surface area contributed by atoms with Gasteiger partial charge in [0.2, 0.25) is 0 Å². The van der Waals surface area contributed by atoms with Gasteiger partial charge in [0.1, 0.15) is 12.2 Å². The summed E-state index contributed by atoms with van der Waals surface area (Å²) in [5, 5.41) is 50.2. The van der Waals surface area contributed by atoms with E-state index >= 15 is 0 Å².